The molecule has 1 N–H and O–H groups in total. The standard InChI is InChI=1S/C20H26N4O3/c1-26-16-5-2-4-15(12-16)18-13-19(22-21-18)20(25)24-9-7-23(8-10-24)14-17-6-3-11-27-17/h2,4-5,12-13,17H,3,6-11,14H2,1H3,(H,21,22)/t17-/m0/s1. The zero-order valence-electron chi connectivity index (χ0n) is 15.7. The van der Waals surface area contributed by atoms with Crippen LogP contribution in [0.5, 0.6) is 5.75 Å². The van der Waals surface area contributed by atoms with Crippen LogP contribution in [0.1, 0.15) is 23.3 Å². The van der Waals surface area contributed by atoms with Crippen LogP contribution in [0, 0.1) is 0 Å². The Morgan fingerprint density at radius 2 is 2.15 bits per heavy atom. The van der Waals surface area contributed by atoms with Gasteiger partial charge in [-0.15, -0.1) is 0 Å². The highest BCUT2D eigenvalue weighted by atomic mass is 16.5. The third-order valence-corrected chi connectivity index (χ3v) is 5.32. The number of aromatic nitrogens is 2. The van der Waals surface area contributed by atoms with Gasteiger partial charge in [0, 0.05) is 44.9 Å². The molecule has 1 aromatic carbocycles. The fourth-order valence-corrected chi connectivity index (χ4v) is 3.74. The lowest BCUT2D eigenvalue weighted by Crippen LogP contribution is -2.50. The molecule has 1 atom stereocenters. The third-order valence-electron chi connectivity index (χ3n) is 5.32. The number of hydrogen-bond acceptors (Lipinski definition) is 5. The number of methoxy groups -OCH3 is 1. The van der Waals surface area contributed by atoms with Crippen molar-refractivity contribution >= 4 is 5.91 Å². The Labute approximate surface area is 159 Å². The van der Waals surface area contributed by atoms with Crippen LogP contribution in [0.25, 0.3) is 11.3 Å². The molecular formula is C20H26N4O3. The van der Waals surface area contributed by atoms with Crippen molar-refractivity contribution in [3.63, 3.8) is 0 Å². The first-order chi connectivity index (χ1) is 13.2. The van der Waals surface area contributed by atoms with E-state index in [9.17, 15) is 4.79 Å². The zero-order valence-corrected chi connectivity index (χ0v) is 15.7. The Morgan fingerprint density at radius 3 is 2.89 bits per heavy atom. The lowest BCUT2D eigenvalue weighted by atomic mass is 10.1. The number of ether oxygens (including phenoxy) is 2. The van der Waals surface area contributed by atoms with E-state index in [1.165, 1.54) is 6.42 Å². The van der Waals surface area contributed by atoms with Gasteiger partial charge in [0.05, 0.1) is 18.9 Å². The second-order valence-electron chi connectivity index (χ2n) is 7.13. The van der Waals surface area contributed by atoms with Gasteiger partial charge in [-0.05, 0) is 31.0 Å². The van der Waals surface area contributed by atoms with E-state index in [1.807, 2.05) is 35.2 Å². The predicted octanol–water partition coefficient (Wildman–Crippen LogP) is 2.02. The van der Waals surface area contributed by atoms with Gasteiger partial charge >= 0.3 is 0 Å². The molecular weight excluding hydrogens is 344 g/mol. The Morgan fingerprint density at radius 1 is 1.30 bits per heavy atom. The van der Waals surface area contributed by atoms with Crippen molar-refractivity contribution in [2.45, 2.75) is 18.9 Å². The first-order valence-corrected chi connectivity index (χ1v) is 9.56. The van der Waals surface area contributed by atoms with E-state index in [4.69, 9.17) is 9.47 Å². The first-order valence-electron chi connectivity index (χ1n) is 9.56. The van der Waals surface area contributed by atoms with Gasteiger partial charge in [-0.1, -0.05) is 12.1 Å². The molecule has 2 fully saturated rings. The van der Waals surface area contributed by atoms with E-state index in [0.717, 1.165) is 62.8 Å². The molecule has 27 heavy (non-hydrogen) atoms. The zero-order chi connectivity index (χ0) is 18.6. The first kappa shape index (κ1) is 18.0. The van der Waals surface area contributed by atoms with E-state index in [-0.39, 0.29) is 5.91 Å². The summed E-state index contributed by atoms with van der Waals surface area (Å²) in [5, 5.41) is 7.20. The maximum atomic E-state index is 12.8. The number of carbonyl (C=O) groups excluding carboxylic acids is 1. The van der Waals surface area contributed by atoms with Gasteiger partial charge < -0.3 is 14.4 Å². The number of piperazine rings is 1. The topological polar surface area (TPSA) is 70.7 Å². The number of carbonyl (C=O) groups is 1. The fourth-order valence-electron chi connectivity index (χ4n) is 3.74. The number of aromatic amines is 1. The minimum atomic E-state index is 0.00779. The van der Waals surface area contributed by atoms with E-state index in [1.54, 1.807) is 7.11 Å². The van der Waals surface area contributed by atoms with Crippen molar-refractivity contribution in [1.29, 1.82) is 0 Å². The summed E-state index contributed by atoms with van der Waals surface area (Å²) in [6, 6.07) is 9.48. The number of H-pyrrole nitrogens is 1. The fraction of sp³-hybridized carbons (Fsp3) is 0.500. The molecule has 0 radical (unpaired) electrons. The number of hydrogen-bond donors (Lipinski definition) is 1. The molecule has 1 aromatic heterocycles. The maximum Gasteiger partial charge on any atom is 0.271 e. The van der Waals surface area contributed by atoms with Crippen molar-refractivity contribution in [2.24, 2.45) is 0 Å². The lowest BCUT2D eigenvalue weighted by Gasteiger charge is -2.35. The van der Waals surface area contributed by atoms with Crippen molar-refractivity contribution in [2.75, 3.05) is 46.4 Å². The van der Waals surface area contributed by atoms with Crippen LogP contribution in [-0.4, -0.2) is 78.4 Å². The number of benzene rings is 1. The second kappa shape index (κ2) is 8.10. The van der Waals surface area contributed by atoms with Gasteiger partial charge in [-0.25, -0.2) is 0 Å². The molecule has 0 saturated carbocycles. The number of amides is 1. The molecule has 7 heteroatoms. The van der Waals surface area contributed by atoms with Crippen LogP contribution in [0.3, 0.4) is 0 Å². The molecule has 0 spiro atoms. The molecule has 2 saturated heterocycles. The Kier molecular flexibility index (Phi) is 5.40. The predicted molar refractivity (Wildman–Crippen MR) is 102 cm³/mol. The molecule has 0 aliphatic carbocycles. The molecule has 1 amide bonds. The highest BCUT2D eigenvalue weighted by Crippen LogP contribution is 2.23. The van der Waals surface area contributed by atoms with Crippen molar-refractivity contribution in [3.05, 3.63) is 36.0 Å². The maximum absolute atomic E-state index is 12.8. The van der Waals surface area contributed by atoms with Crippen LogP contribution in [0.4, 0.5) is 0 Å². The highest BCUT2D eigenvalue weighted by molar-refractivity contribution is 5.93. The van der Waals surface area contributed by atoms with Gasteiger partial charge in [-0.2, -0.15) is 5.10 Å². The summed E-state index contributed by atoms with van der Waals surface area (Å²) in [7, 11) is 1.64. The van der Waals surface area contributed by atoms with Gasteiger partial charge in [-0.3, -0.25) is 14.8 Å². The van der Waals surface area contributed by atoms with Crippen LogP contribution >= 0.6 is 0 Å². The quantitative estimate of drug-likeness (QED) is 0.872. The molecule has 3 heterocycles. The minimum Gasteiger partial charge on any atom is -0.497 e. The summed E-state index contributed by atoms with van der Waals surface area (Å²) in [6.07, 6.45) is 2.68. The molecule has 144 valence electrons. The summed E-state index contributed by atoms with van der Waals surface area (Å²) < 4.78 is 11.0. The Balaban J connectivity index is 1.35. The Bertz CT molecular complexity index is 777. The summed E-state index contributed by atoms with van der Waals surface area (Å²) in [5.74, 6) is 0.777. The van der Waals surface area contributed by atoms with Crippen molar-refractivity contribution in [1.82, 2.24) is 20.0 Å². The number of rotatable bonds is 5. The monoisotopic (exact) mass is 370 g/mol. The van der Waals surface area contributed by atoms with Crippen molar-refractivity contribution in [3.8, 4) is 17.0 Å². The van der Waals surface area contributed by atoms with Gasteiger partial charge in [0.15, 0.2) is 0 Å². The number of nitrogens with one attached hydrogen (secondary N) is 1. The minimum absolute atomic E-state index is 0.00779. The van der Waals surface area contributed by atoms with Crippen LogP contribution in [-0.2, 0) is 4.74 Å². The SMILES string of the molecule is COc1cccc(-c2cc(C(=O)N3CCN(C[C@@H]4CCCO4)CC3)[nH]n2)c1. The average molecular weight is 370 g/mol. The molecule has 2 aliphatic heterocycles. The molecule has 0 bridgehead atoms. The Hall–Kier alpha value is -2.38. The van der Waals surface area contributed by atoms with Gasteiger partial charge in [0.1, 0.15) is 11.4 Å². The van der Waals surface area contributed by atoms with Crippen molar-refractivity contribution < 1.29 is 14.3 Å². The van der Waals surface area contributed by atoms with E-state index < -0.39 is 0 Å². The van der Waals surface area contributed by atoms with Crippen LogP contribution in [0.15, 0.2) is 30.3 Å². The number of nitrogens with zero attached hydrogens (tertiary/aromatic N) is 3. The van der Waals surface area contributed by atoms with Gasteiger partial charge in [0.2, 0.25) is 0 Å². The van der Waals surface area contributed by atoms with E-state index in [2.05, 4.69) is 15.1 Å². The summed E-state index contributed by atoms with van der Waals surface area (Å²) >= 11 is 0. The van der Waals surface area contributed by atoms with E-state index in [0.29, 0.717) is 11.8 Å². The molecule has 4 rings (SSSR count). The van der Waals surface area contributed by atoms with Gasteiger partial charge in [0.25, 0.3) is 5.91 Å². The van der Waals surface area contributed by atoms with Crippen LogP contribution < -0.4 is 4.74 Å². The molecule has 0 unspecified atom stereocenters. The molecule has 7 nitrogen and oxygen atoms in total. The van der Waals surface area contributed by atoms with E-state index >= 15 is 0 Å². The summed E-state index contributed by atoms with van der Waals surface area (Å²) in [5.41, 5.74) is 2.20. The summed E-state index contributed by atoms with van der Waals surface area (Å²) in [6.45, 7) is 5.12. The third kappa shape index (κ3) is 4.14. The normalized spacial score (nSPS) is 20.8. The summed E-state index contributed by atoms with van der Waals surface area (Å²) in [4.78, 5) is 17.1. The largest absolute Gasteiger partial charge is 0.497 e. The second-order valence-corrected chi connectivity index (χ2v) is 7.13. The van der Waals surface area contributed by atoms with Crippen LogP contribution in [0.2, 0.25) is 0 Å². The average Bonchev–Trinajstić information content (AvgIpc) is 3.40. The molecule has 2 aliphatic rings. The smallest absolute Gasteiger partial charge is 0.271 e. The highest BCUT2D eigenvalue weighted by Gasteiger charge is 2.26. The lowest BCUT2D eigenvalue weighted by molar-refractivity contribution is 0.0430. The molecule has 2 aromatic rings.